The Morgan fingerprint density at radius 2 is 2.00 bits per heavy atom. The molecule has 74 valence electrons. The molecule has 2 heteroatoms. The zero-order valence-electron chi connectivity index (χ0n) is 9.33. The van der Waals surface area contributed by atoms with Crippen molar-refractivity contribution in [3.63, 3.8) is 0 Å². The lowest BCUT2D eigenvalue weighted by molar-refractivity contribution is 0.407. The Morgan fingerprint density at radius 1 is 1.38 bits per heavy atom. The first-order valence-electron chi connectivity index (χ1n) is 5.00. The number of hydrogen-bond donors (Lipinski definition) is 0. The van der Waals surface area contributed by atoms with Gasteiger partial charge in [-0.3, -0.25) is 4.68 Å². The van der Waals surface area contributed by atoms with Gasteiger partial charge in [-0.15, -0.1) is 0 Å². The highest BCUT2D eigenvalue weighted by Gasteiger charge is 2.10. The van der Waals surface area contributed by atoms with Crippen LogP contribution in [0.2, 0.25) is 0 Å². The summed E-state index contributed by atoms with van der Waals surface area (Å²) in [5.74, 6) is 1.48. The van der Waals surface area contributed by atoms with Crippen LogP contribution in [0.5, 0.6) is 0 Å². The molecule has 2 nitrogen and oxygen atoms in total. The highest BCUT2D eigenvalue weighted by molar-refractivity contribution is 5.09. The first-order chi connectivity index (χ1) is 6.00. The van der Waals surface area contributed by atoms with Gasteiger partial charge < -0.3 is 0 Å². The molecule has 0 fully saturated rings. The van der Waals surface area contributed by atoms with E-state index < -0.39 is 0 Å². The Hall–Kier alpha value is -0.790. The van der Waals surface area contributed by atoms with Gasteiger partial charge in [-0.1, -0.05) is 20.8 Å². The molecule has 0 aromatic carbocycles. The van der Waals surface area contributed by atoms with Gasteiger partial charge in [0.05, 0.1) is 5.69 Å². The summed E-state index contributed by atoms with van der Waals surface area (Å²) < 4.78 is 1.99. The summed E-state index contributed by atoms with van der Waals surface area (Å²) in [6.07, 6.45) is 1.13. The van der Waals surface area contributed by atoms with Crippen LogP contribution in [0, 0.1) is 18.8 Å². The number of nitrogens with zero attached hydrogens (tertiary/aromatic N) is 2. The van der Waals surface area contributed by atoms with Crippen molar-refractivity contribution in [2.45, 2.75) is 34.1 Å². The van der Waals surface area contributed by atoms with Gasteiger partial charge in [0, 0.05) is 12.7 Å². The van der Waals surface area contributed by atoms with Crippen LogP contribution in [0.3, 0.4) is 0 Å². The predicted molar refractivity (Wildman–Crippen MR) is 55.7 cm³/mol. The third kappa shape index (κ3) is 2.58. The van der Waals surface area contributed by atoms with E-state index in [4.69, 9.17) is 0 Å². The van der Waals surface area contributed by atoms with Gasteiger partial charge in [0.1, 0.15) is 0 Å². The number of hydrogen-bond acceptors (Lipinski definition) is 1. The minimum absolute atomic E-state index is 0.731. The van der Waals surface area contributed by atoms with Gasteiger partial charge in [-0.05, 0) is 31.2 Å². The molecule has 1 rings (SSSR count). The maximum absolute atomic E-state index is 4.34. The van der Waals surface area contributed by atoms with Crippen LogP contribution in [0.1, 0.15) is 32.2 Å². The Balaban J connectivity index is 2.68. The Kier molecular flexibility index (Phi) is 3.12. The highest BCUT2D eigenvalue weighted by Crippen LogP contribution is 2.16. The van der Waals surface area contributed by atoms with Gasteiger partial charge in [0.25, 0.3) is 0 Å². The fourth-order valence-corrected chi connectivity index (χ4v) is 1.42. The molecule has 0 N–H and O–H groups in total. The molecule has 0 aliphatic heterocycles. The summed E-state index contributed by atoms with van der Waals surface area (Å²) in [6.45, 7) is 8.89. The molecule has 0 amide bonds. The zero-order chi connectivity index (χ0) is 10.0. The van der Waals surface area contributed by atoms with E-state index >= 15 is 0 Å². The topological polar surface area (TPSA) is 17.8 Å². The maximum atomic E-state index is 4.34. The van der Waals surface area contributed by atoms with E-state index in [0.29, 0.717) is 0 Å². The molecule has 0 saturated carbocycles. The van der Waals surface area contributed by atoms with Crippen molar-refractivity contribution in [3.8, 4) is 0 Å². The molecule has 0 spiro atoms. The van der Waals surface area contributed by atoms with Crippen LogP contribution in [0.4, 0.5) is 0 Å². The molecule has 1 atom stereocenters. The van der Waals surface area contributed by atoms with Gasteiger partial charge in [-0.25, -0.2) is 0 Å². The average molecular weight is 180 g/mol. The van der Waals surface area contributed by atoms with Crippen LogP contribution >= 0.6 is 0 Å². The Labute approximate surface area is 81.0 Å². The Morgan fingerprint density at radius 3 is 2.38 bits per heavy atom. The number of aryl methyl sites for hydroxylation is 2. The third-order valence-electron chi connectivity index (χ3n) is 2.77. The van der Waals surface area contributed by atoms with Crippen molar-refractivity contribution in [2.75, 3.05) is 0 Å². The van der Waals surface area contributed by atoms with Gasteiger partial charge >= 0.3 is 0 Å². The first kappa shape index (κ1) is 10.3. The van der Waals surface area contributed by atoms with Crippen molar-refractivity contribution >= 4 is 0 Å². The van der Waals surface area contributed by atoms with Crippen molar-refractivity contribution in [1.82, 2.24) is 9.78 Å². The van der Waals surface area contributed by atoms with Crippen LogP contribution in [0.25, 0.3) is 0 Å². The summed E-state index contributed by atoms with van der Waals surface area (Å²) >= 11 is 0. The molecule has 1 heterocycles. The summed E-state index contributed by atoms with van der Waals surface area (Å²) in [4.78, 5) is 0. The molecule has 0 unspecified atom stereocenters. The summed E-state index contributed by atoms with van der Waals surface area (Å²) in [5, 5.41) is 4.34. The molecule has 0 aliphatic carbocycles. The molecule has 1 aromatic rings. The predicted octanol–water partition coefficient (Wildman–Crippen LogP) is 2.56. The lowest BCUT2D eigenvalue weighted by Crippen LogP contribution is -2.10. The fourth-order valence-electron chi connectivity index (χ4n) is 1.42. The quantitative estimate of drug-likeness (QED) is 0.699. The molecule has 0 bridgehead atoms. The third-order valence-corrected chi connectivity index (χ3v) is 2.77. The lowest BCUT2D eigenvalue weighted by Gasteiger charge is -2.14. The SMILES string of the molecule is Cc1cc(C[C@H](C)C(C)C)n(C)n1. The van der Waals surface area contributed by atoms with E-state index in [9.17, 15) is 0 Å². The van der Waals surface area contributed by atoms with E-state index in [0.717, 1.165) is 24.0 Å². The van der Waals surface area contributed by atoms with Crippen molar-refractivity contribution in [3.05, 3.63) is 17.5 Å². The molecular formula is C11H20N2. The fraction of sp³-hybridized carbons (Fsp3) is 0.727. The number of aromatic nitrogens is 2. The maximum Gasteiger partial charge on any atom is 0.0596 e. The molecule has 0 aliphatic rings. The molecule has 0 radical (unpaired) electrons. The monoisotopic (exact) mass is 180 g/mol. The van der Waals surface area contributed by atoms with Gasteiger partial charge in [0.15, 0.2) is 0 Å². The smallest absolute Gasteiger partial charge is 0.0596 e. The van der Waals surface area contributed by atoms with Crippen LogP contribution in [0.15, 0.2) is 6.07 Å². The normalized spacial score (nSPS) is 13.7. The van der Waals surface area contributed by atoms with Gasteiger partial charge in [-0.2, -0.15) is 5.10 Å². The van der Waals surface area contributed by atoms with E-state index in [1.165, 1.54) is 5.69 Å². The van der Waals surface area contributed by atoms with Crippen LogP contribution in [-0.4, -0.2) is 9.78 Å². The van der Waals surface area contributed by atoms with Crippen molar-refractivity contribution in [2.24, 2.45) is 18.9 Å². The Bertz CT molecular complexity index is 274. The van der Waals surface area contributed by atoms with E-state index in [1.54, 1.807) is 0 Å². The molecule has 13 heavy (non-hydrogen) atoms. The second-order valence-electron chi connectivity index (χ2n) is 4.33. The summed E-state index contributed by atoms with van der Waals surface area (Å²) in [5.41, 5.74) is 2.46. The van der Waals surface area contributed by atoms with Crippen molar-refractivity contribution in [1.29, 1.82) is 0 Å². The minimum Gasteiger partial charge on any atom is -0.272 e. The van der Waals surface area contributed by atoms with E-state index in [-0.39, 0.29) is 0 Å². The van der Waals surface area contributed by atoms with Gasteiger partial charge in [0.2, 0.25) is 0 Å². The van der Waals surface area contributed by atoms with Crippen molar-refractivity contribution < 1.29 is 0 Å². The first-order valence-corrected chi connectivity index (χ1v) is 5.00. The van der Waals surface area contributed by atoms with E-state index in [1.807, 2.05) is 18.7 Å². The summed E-state index contributed by atoms with van der Waals surface area (Å²) in [7, 11) is 2.02. The second-order valence-corrected chi connectivity index (χ2v) is 4.33. The zero-order valence-corrected chi connectivity index (χ0v) is 9.33. The number of rotatable bonds is 3. The lowest BCUT2D eigenvalue weighted by atomic mass is 9.93. The summed E-state index contributed by atoms with van der Waals surface area (Å²) in [6, 6.07) is 2.18. The second kappa shape index (κ2) is 3.95. The van der Waals surface area contributed by atoms with E-state index in [2.05, 4.69) is 31.9 Å². The largest absolute Gasteiger partial charge is 0.272 e. The van der Waals surface area contributed by atoms with Crippen LogP contribution < -0.4 is 0 Å². The molecule has 1 aromatic heterocycles. The molecule has 0 saturated heterocycles. The highest BCUT2D eigenvalue weighted by atomic mass is 15.3. The standard InChI is InChI=1S/C11H20N2/c1-8(2)9(3)6-11-7-10(4)12-13(11)5/h7-9H,6H2,1-5H3/t9-/m0/s1. The minimum atomic E-state index is 0.731. The molecular weight excluding hydrogens is 160 g/mol. The average Bonchev–Trinajstić information content (AvgIpc) is 2.30. The van der Waals surface area contributed by atoms with Crippen LogP contribution in [-0.2, 0) is 13.5 Å².